The molecule has 1 saturated heterocycles. The van der Waals surface area contributed by atoms with Gasteiger partial charge in [-0.1, -0.05) is 11.6 Å². The van der Waals surface area contributed by atoms with Crippen LogP contribution >= 0.6 is 11.6 Å². The van der Waals surface area contributed by atoms with Crippen LogP contribution in [0.3, 0.4) is 0 Å². The number of rotatable bonds is 2. The third kappa shape index (κ3) is 2.37. The quantitative estimate of drug-likeness (QED) is 0.886. The third-order valence-electron chi connectivity index (χ3n) is 3.26. The van der Waals surface area contributed by atoms with E-state index in [0.717, 1.165) is 12.8 Å². The highest BCUT2D eigenvalue weighted by atomic mass is 35.5. The van der Waals surface area contributed by atoms with Gasteiger partial charge in [0.05, 0.1) is 17.4 Å². The van der Waals surface area contributed by atoms with Crippen molar-refractivity contribution in [2.75, 3.05) is 13.1 Å². The van der Waals surface area contributed by atoms with Crippen LogP contribution in [0.15, 0.2) is 0 Å². The molecule has 0 aliphatic carbocycles. The Labute approximate surface area is 111 Å². The Balaban J connectivity index is 2.25. The van der Waals surface area contributed by atoms with Crippen LogP contribution in [0.5, 0.6) is 0 Å². The molecule has 0 bridgehead atoms. The molecule has 1 amide bonds. The van der Waals surface area contributed by atoms with E-state index in [0.29, 0.717) is 36.0 Å². The van der Waals surface area contributed by atoms with Gasteiger partial charge in [0.25, 0.3) is 5.91 Å². The van der Waals surface area contributed by atoms with Crippen molar-refractivity contribution in [3.8, 4) is 0 Å². The second-order valence-corrected chi connectivity index (χ2v) is 4.97. The second-order valence-electron chi connectivity index (χ2n) is 4.61. The topological polar surface area (TPSA) is 58.4 Å². The largest absolute Gasteiger partial charge is 0.391 e. The third-order valence-corrected chi connectivity index (χ3v) is 3.65. The monoisotopic (exact) mass is 271 g/mol. The van der Waals surface area contributed by atoms with Crippen LogP contribution in [0.25, 0.3) is 0 Å². The molecule has 1 atom stereocenters. The fourth-order valence-electron chi connectivity index (χ4n) is 2.30. The molecule has 1 fully saturated rings. The second kappa shape index (κ2) is 5.28. The lowest BCUT2D eigenvalue weighted by Crippen LogP contribution is -2.42. The molecule has 1 aromatic rings. The summed E-state index contributed by atoms with van der Waals surface area (Å²) in [6.45, 7) is 5.40. The molecule has 1 unspecified atom stereocenters. The minimum atomic E-state index is -0.428. The average Bonchev–Trinajstić information content (AvgIpc) is 2.63. The molecule has 1 aliphatic heterocycles. The van der Waals surface area contributed by atoms with E-state index in [1.165, 1.54) is 0 Å². The zero-order valence-corrected chi connectivity index (χ0v) is 11.4. The predicted octanol–water partition coefficient (Wildman–Crippen LogP) is 1.46. The van der Waals surface area contributed by atoms with Gasteiger partial charge in [-0.2, -0.15) is 5.10 Å². The smallest absolute Gasteiger partial charge is 0.258 e. The van der Waals surface area contributed by atoms with Crippen LogP contribution in [0.2, 0.25) is 5.15 Å². The van der Waals surface area contributed by atoms with E-state index >= 15 is 0 Å². The Hall–Kier alpha value is -1.07. The summed E-state index contributed by atoms with van der Waals surface area (Å²) in [5.74, 6) is -0.129. The fraction of sp³-hybridized carbons (Fsp3) is 0.667. The molecule has 0 aromatic carbocycles. The predicted molar refractivity (Wildman–Crippen MR) is 68.8 cm³/mol. The zero-order valence-electron chi connectivity index (χ0n) is 10.7. The number of aryl methyl sites for hydroxylation is 2. The minimum absolute atomic E-state index is 0.129. The number of likely N-dealkylation sites (tertiary alicyclic amines) is 1. The zero-order chi connectivity index (χ0) is 13.3. The number of β-amino-alcohol motifs (C(OH)–C–C–N with tert-alkyl or cyclic N) is 1. The normalized spacial score (nSPS) is 20.2. The molecule has 1 aromatic heterocycles. The van der Waals surface area contributed by atoms with Crippen LogP contribution in [0.1, 0.15) is 35.8 Å². The van der Waals surface area contributed by atoms with Crippen molar-refractivity contribution in [2.24, 2.45) is 0 Å². The van der Waals surface area contributed by atoms with Crippen molar-refractivity contribution in [1.82, 2.24) is 14.7 Å². The number of hydrogen-bond donors (Lipinski definition) is 1. The molecule has 1 N–H and O–H groups in total. The first-order valence-corrected chi connectivity index (χ1v) is 6.62. The number of aromatic nitrogens is 2. The summed E-state index contributed by atoms with van der Waals surface area (Å²) >= 11 is 6.17. The summed E-state index contributed by atoms with van der Waals surface area (Å²) in [4.78, 5) is 14.1. The lowest BCUT2D eigenvalue weighted by Gasteiger charge is -2.30. The Kier molecular flexibility index (Phi) is 3.92. The van der Waals surface area contributed by atoms with Crippen molar-refractivity contribution in [3.63, 3.8) is 0 Å². The highest BCUT2D eigenvalue weighted by Gasteiger charge is 2.28. The van der Waals surface area contributed by atoms with Crippen LogP contribution in [0, 0.1) is 6.92 Å². The number of aliphatic hydroxyl groups is 1. The number of amides is 1. The van der Waals surface area contributed by atoms with Gasteiger partial charge in [0.15, 0.2) is 0 Å². The summed E-state index contributed by atoms with van der Waals surface area (Å²) in [6, 6.07) is 0. The molecule has 5 nitrogen and oxygen atoms in total. The summed E-state index contributed by atoms with van der Waals surface area (Å²) in [5, 5.41) is 14.2. The highest BCUT2D eigenvalue weighted by Crippen LogP contribution is 2.23. The van der Waals surface area contributed by atoms with Gasteiger partial charge in [-0.05, 0) is 26.7 Å². The van der Waals surface area contributed by atoms with Gasteiger partial charge in [-0.25, -0.2) is 0 Å². The van der Waals surface area contributed by atoms with Crippen molar-refractivity contribution in [3.05, 3.63) is 16.4 Å². The van der Waals surface area contributed by atoms with E-state index in [1.807, 2.05) is 6.92 Å². The van der Waals surface area contributed by atoms with E-state index in [9.17, 15) is 9.90 Å². The van der Waals surface area contributed by atoms with Crippen LogP contribution in [-0.2, 0) is 6.54 Å². The number of nitrogens with zero attached hydrogens (tertiary/aromatic N) is 3. The maximum absolute atomic E-state index is 12.4. The van der Waals surface area contributed by atoms with Gasteiger partial charge in [0.2, 0.25) is 0 Å². The number of hydrogen-bond acceptors (Lipinski definition) is 3. The molecular weight excluding hydrogens is 254 g/mol. The van der Waals surface area contributed by atoms with E-state index in [2.05, 4.69) is 5.10 Å². The SMILES string of the molecule is CCn1nc(C)c(C(=O)N2CCCC(O)C2)c1Cl. The number of piperidine rings is 1. The average molecular weight is 272 g/mol. The minimum Gasteiger partial charge on any atom is -0.391 e. The molecule has 0 saturated carbocycles. The Morgan fingerprint density at radius 1 is 1.61 bits per heavy atom. The maximum atomic E-state index is 12.4. The maximum Gasteiger partial charge on any atom is 0.258 e. The first-order chi connectivity index (χ1) is 8.54. The molecule has 0 radical (unpaired) electrons. The summed E-state index contributed by atoms with van der Waals surface area (Å²) in [6.07, 6.45) is 1.15. The van der Waals surface area contributed by atoms with Crippen molar-refractivity contribution in [1.29, 1.82) is 0 Å². The Bertz CT molecular complexity index is 458. The van der Waals surface area contributed by atoms with Crippen molar-refractivity contribution in [2.45, 2.75) is 39.3 Å². The van der Waals surface area contributed by atoms with Crippen molar-refractivity contribution < 1.29 is 9.90 Å². The molecule has 18 heavy (non-hydrogen) atoms. The molecular formula is C12H18ClN3O2. The number of carbonyl (C=O) groups excluding carboxylic acids is 1. The van der Waals surface area contributed by atoms with E-state index in [4.69, 9.17) is 11.6 Å². The van der Waals surface area contributed by atoms with Crippen molar-refractivity contribution >= 4 is 17.5 Å². The van der Waals surface area contributed by atoms with Gasteiger partial charge in [-0.3, -0.25) is 9.48 Å². The summed E-state index contributed by atoms with van der Waals surface area (Å²) in [5.41, 5.74) is 1.11. The first-order valence-electron chi connectivity index (χ1n) is 6.24. The van der Waals surface area contributed by atoms with Gasteiger partial charge in [0, 0.05) is 19.6 Å². The number of aliphatic hydroxyl groups excluding tert-OH is 1. The number of carbonyl (C=O) groups is 1. The van der Waals surface area contributed by atoms with Crippen LogP contribution < -0.4 is 0 Å². The lowest BCUT2D eigenvalue weighted by atomic mass is 10.1. The van der Waals surface area contributed by atoms with E-state index in [-0.39, 0.29) is 5.91 Å². The molecule has 6 heteroatoms. The standard InChI is InChI=1S/C12H18ClN3O2/c1-3-16-11(13)10(8(2)14-16)12(18)15-6-4-5-9(17)7-15/h9,17H,3-7H2,1-2H3. The Morgan fingerprint density at radius 2 is 2.33 bits per heavy atom. The molecule has 100 valence electrons. The van der Waals surface area contributed by atoms with Crippen LogP contribution in [-0.4, -0.2) is 44.9 Å². The summed E-state index contributed by atoms with van der Waals surface area (Å²) < 4.78 is 1.62. The Morgan fingerprint density at radius 3 is 2.89 bits per heavy atom. The van der Waals surface area contributed by atoms with Gasteiger partial charge in [-0.15, -0.1) is 0 Å². The van der Waals surface area contributed by atoms with Gasteiger partial charge < -0.3 is 10.0 Å². The number of halogens is 1. The molecule has 2 heterocycles. The lowest BCUT2D eigenvalue weighted by molar-refractivity contribution is 0.0473. The molecule has 1 aliphatic rings. The molecule has 2 rings (SSSR count). The first kappa shape index (κ1) is 13.4. The fourth-order valence-corrected chi connectivity index (χ4v) is 2.68. The van der Waals surface area contributed by atoms with Crippen LogP contribution in [0.4, 0.5) is 0 Å². The van der Waals surface area contributed by atoms with E-state index in [1.54, 1.807) is 16.5 Å². The van der Waals surface area contributed by atoms with Gasteiger partial charge in [0.1, 0.15) is 5.15 Å². The highest BCUT2D eigenvalue weighted by molar-refractivity contribution is 6.33. The molecule has 0 spiro atoms. The van der Waals surface area contributed by atoms with Gasteiger partial charge >= 0.3 is 0 Å². The summed E-state index contributed by atoms with van der Waals surface area (Å²) in [7, 11) is 0. The van der Waals surface area contributed by atoms with E-state index < -0.39 is 6.10 Å².